The number of carbonyl (C=O) groups excluding carboxylic acids is 2. The maximum atomic E-state index is 12.6. The highest BCUT2D eigenvalue weighted by molar-refractivity contribution is 7.18. The summed E-state index contributed by atoms with van der Waals surface area (Å²) in [6.07, 6.45) is 4.23. The Labute approximate surface area is 139 Å². The smallest absolute Gasteiger partial charge is 0.247 e. The highest BCUT2D eigenvalue weighted by atomic mass is 32.1. The molecule has 0 bridgehead atoms. The molecular weight excluding hydrogens is 310 g/mol. The van der Waals surface area contributed by atoms with Gasteiger partial charge in [0.05, 0.1) is 15.2 Å². The van der Waals surface area contributed by atoms with Crippen molar-refractivity contribution in [3.8, 4) is 0 Å². The number of fused-ring (bicyclic) bond motifs is 1. The minimum Gasteiger partial charge on any atom is -0.344 e. The van der Waals surface area contributed by atoms with Crippen LogP contribution >= 0.6 is 11.3 Å². The van der Waals surface area contributed by atoms with Gasteiger partial charge in [0.2, 0.25) is 11.8 Å². The molecule has 1 fully saturated rings. The van der Waals surface area contributed by atoms with Gasteiger partial charge in [-0.25, -0.2) is 4.98 Å². The van der Waals surface area contributed by atoms with Crippen LogP contribution in [0.4, 0.5) is 5.69 Å². The number of nitrogens with one attached hydrogen (secondary N) is 2. The fourth-order valence-electron chi connectivity index (χ4n) is 3.24. The summed E-state index contributed by atoms with van der Waals surface area (Å²) in [5.74, 6) is -0.0634. The molecule has 2 N–H and O–H groups in total. The second kappa shape index (κ2) is 6.66. The third-order valence-electron chi connectivity index (χ3n) is 4.28. The van der Waals surface area contributed by atoms with Crippen LogP contribution in [-0.4, -0.2) is 22.8 Å². The number of anilines is 1. The number of aryl methyl sites for hydroxylation is 1. The Morgan fingerprint density at radius 2 is 2.04 bits per heavy atom. The lowest BCUT2D eigenvalue weighted by atomic mass is 9.97. The van der Waals surface area contributed by atoms with E-state index in [9.17, 15) is 9.59 Å². The predicted octanol–water partition coefficient (Wildman–Crippen LogP) is 3.24. The molecule has 0 aliphatic heterocycles. The molecule has 1 saturated carbocycles. The van der Waals surface area contributed by atoms with Gasteiger partial charge in [0.25, 0.3) is 0 Å². The van der Waals surface area contributed by atoms with E-state index in [0.717, 1.165) is 46.6 Å². The van der Waals surface area contributed by atoms with E-state index < -0.39 is 6.04 Å². The maximum absolute atomic E-state index is 12.6. The number of nitrogens with zero attached hydrogens (tertiary/aromatic N) is 1. The van der Waals surface area contributed by atoms with Crippen molar-refractivity contribution in [2.45, 2.75) is 45.6 Å². The molecule has 1 aromatic carbocycles. The van der Waals surface area contributed by atoms with Crippen molar-refractivity contribution in [2.24, 2.45) is 5.92 Å². The first-order chi connectivity index (χ1) is 11.0. The topological polar surface area (TPSA) is 71.1 Å². The third-order valence-corrected chi connectivity index (χ3v) is 5.21. The van der Waals surface area contributed by atoms with Gasteiger partial charge in [-0.05, 0) is 43.9 Å². The van der Waals surface area contributed by atoms with Crippen LogP contribution < -0.4 is 10.6 Å². The number of aromatic nitrogens is 1. The summed E-state index contributed by atoms with van der Waals surface area (Å²) >= 11 is 1.61. The van der Waals surface area contributed by atoms with Gasteiger partial charge in [0.15, 0.2) is 0 Å². The van der Waals surface area contributed by atoms with Crippen LogP contribution in [0.1, 0.15) is 37.6 Å². The van der Waals surface area contributed by atoms with Crippen LogP contribution in [0.15, 0.2) is 18.2 Å². The second-order valence-electron chi connectivity index (χ2n) is 6.13. The molecule has 1 aliphatic carbocycles. The molecule has 1 aromatic heterocycles. The Morgan fingerprint density at radius 1 is 1.30 bits per heavy atom. The normalized spacial score (nSPS) is 16.4. The van der Waals surface area contributed by atoms with E-state index in [1.54, 1.807) is 11.3 Å². The van der Waals surface area contributed by atoms with E-state index in [0.29, 0.717) is 0 Å². The lowest BCUT2D eigenvalue weighted by Crippen LogP contribution is -2.47. The first-order valence-corrected chi connectivity index (χ1v) is 8.80. The van der Waals surface area contributed by atoms with Crippen LogP contribution in [0, 0.1) is 12.8 Å². The third kappa shape index (κ3) is 3.69. The molecule has 5 nitrogen and oxygen atoms in total. The van der Waals surface area contributed by atoms with Crippen molar-refractivity contribution in [1.82, 2.24) is 10.3 Å². The Hall–Kier alpha value is -1.95. The number of rotatable bonds is 4. The lowest BCUT2D eigenvalue weighted by Gasteiger charge is -2.23. The van der Waals surface area contributed by atoms with E-state index in [2.05, 4.69) is 15.6 Å². The largest absolute Gasteiger partial charge is 0.344 e. The first-order valence-electron chi connectivity index (χ1n) is 7.98. The quantitative estimate of drug-likeness (QED) is 0.903. The number of thiazole rings is 1. The molecule has 0 spiro atoms. The van der Waals surface area contributed by atoms with Crippen molar-refractivity contribution in [3.63, 3.8) is 0 Å². The fraction of sp³-hybridized carbons (Fsp3) is 0.471. The number of hydrogen-bond donors (Lipinski definition) is 2. The first kappa shape index (κ1) is 15.9. The van der Waals surface area contributed by atoms with Gasteiger partial charge in [0, 0.05) is 12.6 Å². The minimum absolute atomic E-state index is 0.132. The monoisotopic (exact) mass is 331 g/mol. The van der Waals surface area contributed by atoms with E-state index in [-0.39, 0.29) is 17.7 Å². The number of carbonyl (C=O) groups is 2. The number of benzene rings is 1. The minimum atomic E-state index is -0.450. The molecule has 0 saturated heterocycles. The molecule has 1 aliphatic rings. The maximum Gasteiger partial charge on any atom is 0.247 e. The van der Waals surface area contributed by atoms with Crippen molar-refractivity contribution in [1.29, 1.82) is 0 Å². The summed E-state index contributed by atoms with van der Waals surface area (Å²) < 4.78 is 1.05. The van der Waals surface area contributed by atoms with E-state index in [1.807, 2.05) is 25.1 Å². The van der Waals surface area contributed by atoms with E-state index >= 15 is 0 Å². The molecule has 122 valence electrons. The fourth-order valence-corrected chi connectivity index (χ4v) is 4.11. The zero-order valence-electron chi connectivity index (χ0n) is 13.4. The Morgan fingerprint density at radius 3 is 2.74 bits per heavy atom. The Bertz CT molecular complexity index is 735. The predicted molar refractivity (Wildman–Crippen MR) is 92.5 cm³/mol. The molecule has 2 aromatic rings. The molecule has 1 unspecified atom stereocenters. The van der Waals surface area contributed by atoms with E-state index in [4.69, 9.17) is 0 Å². The van der Waals surface area contributed by atoms with Crippen molar-refractivity contribution < 1.29 is 9.59 Å². The molecule has 2 amide bonds. The Kier molecular flexibility index (Phi) is 4.61. The van der Waals surface area contributed by atoms with Crippen molar-refractivity contribution in [2.75, 3.05) is 5.32 Å². The molecule has 3 rings (SSSR count). The van der Waals surface area contributed by atoms with Gasteiger partial charge < -0.3 is 10.6 Å². The molecule has 6 heteroatoms. The zero-order chi connectivity index (χ0) is 16.4. The summed E-state index contributed by atoms with van der Waals surface area (Å²) in [6, 6.07) is 5.27. The highest BCUT2D eigenvalue weighted by Crippen LogP contribution is 2.29. The van der Waals surface area contributed by atoms with Gasteiger partial charge >= 0.3 is 0 Å². The molecule has 23 heavy (non-hydrogen) atoms. The molecular formula is C17H21N3O2S. The highest BCUT2D eigenvalue weighted by Gasteiger charge is 2.31. The summed E-state index contributed by atoms with van der Waals surface area (Å²) in [5.41, 5.74) is 1.69. The number of amides is 2. The van der Waals surface area contributed by atoms with Crippen LogP contribution in [0.3, 0.4) is 0 Å². The summed E-state index contributed by atoms with van der Waals surface area (Å²) in [7, 11) is 0. The summed E-state index contributed by atoms with van der Waals surface area (Å²) in [4.78, 5) is 28.5. The van der Waals surface area contributed by atoms with Gasteiger partial charge in [0.1, 0.15) is 6.04 Å². The van der Waals surface area contributed by atoms with Crippen LogP contribution in [0.5, 0.6) is 0 Å². The van der Waals surface area contributed by atoms with Crippen molar-refractivity contribution in [3.05, 3.63) is 23.2 Å². The second-order valence-corrected chi connectivity index (χ2v) is 7.36. The van der Waals surface area contributed by atoms with E-state index in [1.165, 1.54) is 6.92 Å². The Balaban J connectivity index is 1.77. The van der Waals surface area contributed by atoms with Crippen LogP contribution in [0.25, 0.3) is 10.2 Å². The van der Waals surface area contributed by atoms with Crippen molar-refractivity contribution >= 4 is 39.1 Å². The standard InChI is InChI=1S/C17H21N3O2S/c1-10(21)18-16(12-5-3-4-6-12)17(22)20-13-7-8-14-15(9-13)23-11(2)19-14/h7-9,12,16H,3-6H2,1-2H3,(H,18,21)(H,20,22). The molecule has 0 radical (unpaired) electrons. The summed E-state index contributed by atoms with van der Waals surface area (Å²) in [5, 5.41) is 6.78. The van der Waals surface area contributed by atoms with Crippen LogP contribution in [0.2, 0.25) is 0 Å². The number of hydrogen-bond acceptors (Lipinski definition) is 4. The summed E-state index contributed by atoms with van der Waals surface area (Å²) in [6.45, 7) is 3.43. The molecule has 1 heterocycles. The lowest BCUT2D eigenvalue weighted by molar-refractivity contribution is -0.126. The van der Waals surface area contributed by atoms with Gasteiger partial charge in [-0.3, -0.25) is 9.59 Å². The van der Waals surface area contributed by atoms with Gasteiger partial charge in [-0.15, -0.1) is 11.3 Å². The van der Waals surface area contributed by atoms with Gasteiger partial charge in [-0.2, -0.15) is 0 Å². The average Bonchev–Trinajstić information content (AvgIpc) is 3.12. The zero-order valence-corrected chi connectivity index (χ0v) is 14.2. The molecule has 1 atom stereocenters. The van der Waals surface area contributed by atoms with Crippen LogP contribution in [-0.2, 0) is 9.59 Å². The SMILES string of the molecule is CC(=O)NC(C(=O)Nc1ccc2nc(C)sc2c1)C1CCCC1. The van der Waals surface area contributed by atoms with Gasteiger partial charge in [-0.1, -0.05) is 12.8 Å². The average molecular weight is 331 g/mol.